The molecule has 1 aliphatic heterocycles. The van der Waals surface area contributed by atoms with Gasteiger partial charge in [-0.25, -0.2) is 0 Å². The van der Waals surface area contributed by atoms with Gasteiger partial charge in [0.15, 0.2) is 0 Å². The van der Waals surface area contributed by atoms with Crippen LogP contribution in [0.1, 0.15) is 37.0 Å². The van der Waals surface area contributed by atoms with E-state index in [1.807, 2.05) is 0 Å². The van der Waals surface area contributed by atoms with Crippen molar-refractivity contribution in [2.24, 2.45) is 0 Å². The number of nitrogens with zero attached hydrogens (tertiary/aromatic N) is 2. The van der Waals surface area contributed by atoms with Crippen LogP contribution in [-0.4, -0.2) is 13.6 Å². The molecular formula is C47H40N2. The van der Waals surface area contributed by atoms with Gasteiger partial charge in [0, 0.05) is 47.0 Å². The third kappa shape index (κ3) is 4.70. The average Bonchev–Trinajstić information content (AvgIpc) is 3.37. The van der Waals surface area contributed by atoms with E-state index >= 15 is 0 Å². The van der Waals surface area contributed by atoms with Gasteiger partial charge < -0.3 is 9.80 Å². The van der Waals surface area contributed by atoms with E-state index in [9.17, 15) is 0 Å². The van der Waals surface area contributed by atoms with Gasteiger partial charge in [-0.1, -0.05) is 123 Å². The lowest BCUT2D eigenvalue weighted by atomic mass is 9.79. The van der Waals surface area contributed by atoms with Crippen LogP contribution in [0.3, 0.4) is 0 Å². The molecule has 2 nitrogen and oxygen atoms in total. The van der Waals surface area contributed by atoms with Crippen LogP contribution in [0.2, 0.25) is 0 Å². The molecule has 0 N–H and O–H groups in total. The zero-order chi connectivity index (χ0) is 33.1. The highest BCUT2D eigenvalue weighted by Crippen LogP contribution is 2.54. The number of para-hydroxylation sites is 3. The molecule has 0 fully saturated rings. The zero-order valence-electron chi connectivity index (χ0n) is 28.4. The van der Waals surface area contributed by atoms with Crippen LogP contribution in [0.4, 0.5) is 22.7 Å². The van der Waals surface area contributed by atoms with Crippen LogP contribution in [-0.2, 0) is 11.8 Å². The molecule has 7 aromatic carbocycles. The van der Waals surface area contributed by atoms with Crippen molar-refractivity contribution in [1.82, 2.24) is 0 Å². The summed E-state index contributed by atoms with van der Waals surface area (Å²) in [7, 11) is 2.26. The SMILES string of the molecule is CN1CCCc2cccc(-c3cc4c(cc3-c3ccc(N(c5ccccc5)c5ccccc5)c5ccccc35)C(C)(C)c3ccccc3-4)c21. The molecular weight excluding hydrogens is 593 g/mol. The van der Waals surface area contributed by atoms with E-state index in [1.165, 1.54) is 78.6 Å². The Bertz CT molecular complexity index is 2310. The Morgan fingerprint density at radius 1 is 0.510 bits per heavy atom. The maximum Gasteiger partial charge on any atom is 0.0540 e. The first-order chi connectivity index (χ1) is 24.0. The van der Waals surface area contributed by atoms with Crippen molar-refractivity contribution in [1.29, 1.82) is 0 Å². The normalized spacial score (nSPS) is 14.3. The van der Waals surface area contributed by atoms with Crippen molar-refractivity contribution in [2.75, 3.05) is 23.4 Å². The van der Waals surface area contributed by atoms with Crippen molar-refractivity contribution in [3.8, 4) is 33.4 Å². The van der Waals surface area contributed by atoms with Crippen LogP contribution < -0.4 is 9.80 Å². The molecule has 0 spiro atoms. The summed E-state index contributed by atoms with van der Waals surface area (Å²) in [4.78, 5) is 4.86. The summed E-state index contributed by atoms with van der Waals surface area (Å²) in [5.74, 6) is 0. The molecule has 0 atom stereocenters. The van der Waals surface area contributed by atoms with Gasteiger partial charge in [-0.15, -0.1) is 0 Å². The first-order valence-corrected chi connectivity index (χ1v) is 17.5. The molecule has 7 aromatic rings. The first-order valence-electron chi connectivity index (χ1n) is 17.5. The number of rotatable bonds is 5. The third-order valence-corrected chi connectivity index (χ3v) is 10.9. The van der Waals surface area contributed by atoms with Gasteiger partial charge in [0.05, 0.1) is 5.69 Å². The Hall–Kier alpha value is -5.60. The highest BCUT2D eigenvalue weighted by molar-refractivity contribution is 6.09. The second kappa shape index (κ2) is 11.5. The van der Waals surface area contributed by atoms with Gasteiger partial charge in [-0.3, -0.25) is 0 Å². The fraction of sp³-hybridized carbons (Fsp3) is 0.149. The van der Waals surface area contributed by atoms with Crippen LogP contribution in [0, 0.1) is 0 Å². The predicted molar refractivity (Wildman–Crippen MR) is 209 cm³/mol. The second-order valence-corrected chi connectivity index (χ2v) is 14.1. The summed E-state index contributed by atoms with van der Waals surface area (Å²) >= 11 is 0. The second-order valence-electron chi connectivity index (χ2n) is 14.1. The summed E-state index contributed by atoms with van der Waals surface area (Å²) in [6, 6.07) is 56.1. The van der Waals surface area contributed by atoms with E-state index in [-0.39, 0.29) is 5.41 Å². The lowest BCUT2D eigenvalue weighted by Crippen LogP contribution is -2.25. The largest absolute Gasteiger partial charge is 0.374 e. The van der Waals surface area contributed by atoms with Gasteiger partial charge in [-0.2, -0.15) is 0 Å². The quantitative estimate of drug-likeness (QED) is 0.186. The molecule has 2 aliphatic rings. The van der Waals surface area contributed by atoms with E-state index in [0.717, 1.165) is 24.3 Å². The van der Waals surface area contributed by atoms with E-state index in [4.69, 9.17) is 0 Å². The fourth-order valence-corrected chi connectivity index (χ4v) is 8.57. The number of anilines is 4. The number of aryl methyl sites for hydroxylation is 1. The van der Waals surface area contributed by atoms with Gasteiger partial charge in [0.25, 0.3) is 0 Å². The highest BCUT2D eigenvalue weighted by Gasteiger charge is 2.37. The number of benzene rings is 7. The Morgan fingerprint density at radius 3 is 1.90 bits per heavy atom. The highest BCUT2D eigenvalue weighted by atomic mass is 15.1. The number of fused-ring (bicyclic) bond motifs is 5. The van der Waals surface area contributed by atoms with E-state index in [0.29, 0.717) is 0 Å². The van der Waals surface area contributed by atoms with Crippen molar-refractivity contribution in [3.05, 3.63) is 168 Å². The maximum absolute atomic E-state index is 2.53. The molecule has 238 valence electrons. The van der Waals surface area contributed by atoms with Gasteiger partial charge in [-0.05, 0) is 105 Å². The summed E-state index contributed by atoms with van der Waals surface area (Å²) in [5.41, 5.74) is 16.9. The van der Waals surface area contributed by atoms with E-state index in [1.54, 1.807) is 0 Å². The molecule has 0 amide bonds. The summed E-state index contributed by atoms with van der Waals surface area (Å²) in [5, 5.41) is 2.48. The molecule has 1 aliphatic carbocycles. The molecule has 49 heavy (non-hydrogen) atoms. The average molecular weight is 633 g/mol. The lowest BCUT2D eigenvalue weighted by molar-refractivity contribution is 0.660. The summed E-state index contributed by atoms with van der Waals surface area (Å²) in [6.45, 7) is 5.85. The molecule has 9 rings (SSSR count). The smallest absolute Gasteiger partial charge is 0.0540 e. The monoisotopic (exact) mass is 632 g/mol. The summed E-state index contributed by atoms with van der Waals surface area (Å²) in [6.07, 6.45) is 2.31. The minimum atomic E-state index is -0.0979. The molecule has 0 unspecified atom stereocenters. The molecule has 0 aromatic heterocycles. The maximum atomic E-state index is 2.53. The van der Waals surface area contributed by atoms with Gasteiger partial charge in [0.1, 0.15) is 0 Å². The molecule has 0 saturated heterocycles. The van der Waals surface area contributed by atoms with Gasteiger partial charge in [0.2, 0.25) is 0 Å². The van der Waals surface area contributed by atoms with Crippen LogP contribution >= 0.6 is 0 Å². The summed E-state index contributed by atoms with van der Waals surface area (Å²) < 4.78 is 0. The first kappa shape index (κ1) is 29.5. The van der Waals surface area contributed by atoms with Crippen LogP contribution in [0.15, 0.2) is 152 Å². The van der Waals surface area contributed by atoms with Crippen molar-refractivity contribution >= 4 is 33.5 Å². The standard InChI is InChI=1S/C47H40N2/c1-47(2)43-26-13-12-23-37(43)42-30-40(39-25-14-16-32-17-15-29-48(3)46(32)39)41(31-44(42)47)36-27-28-45(38-24-11-10-22-35(36)38)49(33-18-6-4-7-19-33)34-20-8-5-9-21-34/h4-14,16,18-28,30-31H,15,17,29H2,1-3H3. The van der Waals surface area contributed by atoms with Crippen LogP contribution in [0.25, 0.3) is 44.2 Å². The van der Waals surface area contributed by atoms with Gasteiger partial charge >= 0.3 is 0 Å². The van der Waals surface area contributed by atoms with Crippen LogP contribution in [0.5, 0.6) is 0 Å². The molecule has 2 heteroatoms. The van der Waals surface area contributed by atoms with E-state index in [2.05, 4.69) is 182 Å². The van der Waals surface area contributed by atoms with Crippen molar-refractivity contribution in [2.45, 2.75) is 32.1 Å². The molecule has 0 saturated carbocycles. The Morgan fingerprint density at radius 2 is 1.14 bits per heavy atom. The zero-order valence-corrected chi connectivity index (χ0v) is 28.4. The molecule has 1 heterocycles. The Balaban J connectivity index is 1.34. The lowest BCUT2D eigenvalue weighted by Gasteiger charge is -2.31. The third-order valence-electron chi connectivity index (χ3n) is 10.9. The Labute approximate surface area is 289 Å². The van der Waals surface area contributed by atoms with E-state index < -0.39 is 0 Å². The van der Waals surface area contributed by atoms with Crippen molar-refractivity contribution in [3.63, 3.8) is 0 Å². The van der Waals surface area contributed by atoms with Crippen molar-refractivity contribution < 1.29 is 0 Å². The number of hydrogen-bond acceptors (Lipinski definition) is 2. The number of hydrogen-bond donors (Lipinski definition) is 0. The minimum Gasteiger partial charge on any atom is -0.374 e. The molecule has 0 bridgehead atoms. The fourth-order valence-electron chi connectivity index (χ4n) is 8.57. The topological polar surface area (TPSA) is 6.48 Å². The minimum absolute atomic E-state index is 0.0979. The molecule has 0 radical (unpaired) electrons. The predicted octanol–water partition coefficient (Wildman–Crippen LogP) is 12.3. The Kier molecular flexibility index (Phi) is 6.95.